The summed E-state index contributed by atoms with van der Waals surface area (Å²) >= 11 is 0. The number of aliphatic hydroxyl groups is 1. The van der Waals surface area contributed by atoms with Crippen LogP contribution in [0.25, 0.3) is 10.9 Å². The van der Waals surface area contributed by atoms with Gasteiger partial charge >= 0.3 is 0 Å². The molecule has 1 fully saturated rings. The topological polar surface area (TPSA) is 78.4 Å². The number of para-hydroxylation sites is 1. The molecule has 1 saturated heterocycles. The Balaban J connectivity index is 1.79. The van der Waals surface area contributed by atoms with E-state index in [1.54, 1.807) is 7.11 Å². The Hall–Kier alpha value is -2.08. The number of hydrogen-bond acceptors (Lipinski definition) is 4. The monoisotopic (exact) mass is 303 g/mol. The molecule has 1 aliphatic rings. The van der Waals surface area contributed by atoms with E-state index >= 15 is 0 Å². The van der Waals surface area contributed by atoms with Gasteiger partial charge in [0.05, 0.1) is 7.11 Å². The summed E-state index contributed by atoms with van der Waals surface area (Å²) < 4.78 is 5.29. The van der Waals surface area contributed by atoms with Gasteiger partial charge in [0, 0.05) is 25.1 Å². The molecule has 6 nitrogen and oxygen atoms in total. The van der Waals surface area contributed by atoms with Gasteiger partial charge in [-0.05, 0) is 31.2 Å². The third kappa shape index (κ3) is 2.66. The summed E-state index contributed by atoms with van der Waals surface area (Å²) in [5.74, 6) is 1.13. The van der Waals surface area contributed by atoms with Gasteiger partial charge in [-0.15, -0.1) is 0 Å². The lowest BCUT2D eigenvalue weighted by molar-refractivity contribution is 0.0782. The second kappa shape index (κ2) is 6.36. The molecule has 0 spiro atoms. The molecule has 2 aromatic rings. The Morgan fingerprint density at radius 1 is 1.55 bits per heavy atom. The Kier molecular flexibility index (Phi) is 4.29. The number of aliphatic hydroxyl groups excluding tert-OH is 1. The standard InChI is InChI=1S/C16H21N3O3/c1-22-13-6-2-5-12-14(13)17-18-15(12)16(21)19-8-7-11(10-19)4-3-9-20/h2,5-6,11,20H,3-4,7-10H2,1H3,(H,17,18). The van der Waals surface area contributed by atoms with E-state index in [2.05, 4.69) is 10.2 Å². The first-order valence-electron chi connectivity index (χ1n) is 7.65. The van der Waals surface area contributed by atoms with Gasteiger partial charge in [0.2, 0.25) is 0 Å². The van der Waals surface area contributed by atoms with Crippen molar-refractivity contribution in [3.05, 3.63) is 23.9 Å². The molecule has 2 N–H and O–H groups in total. The second-order valence-corrected chi connectivity index (χ2v) is 5.73. The van der Waals surface area contributed by atoms with Crippen LogP contribution in [0, 0.1) is 5.92 Å². The number of nitrogens with zero attached hydrogens (tertiary/aromatic N) is 2. The fourth-order valence-corrected chi connectivity index (χ4v) is 3.13. The van der Waals surface area contributed by atoms with E-state index in [4.69, 9.17) is 9.84 Å². The Morgan fingerprint density at radius 2 is 2.41 bits per heavy atom. The first-order valence-corrected chi connectivity index (χ1v) is 7.65. The highest BCUT2D eigenvalue weighted by atomic mass is 16.5. The Labute approximate surface area is 129 Å². The average molecular weight is 303 g/mol. The van der Waals surface area contributed by atoms with Gasteiger partial charge in [0.1, 0.15) is 11.3 Å². The van der Waals surface area contributed by atoms with Crippen LogP contribution in [0.5, 0.6) is 5.75 Å². The smallest absolute Gasteiger partial charge is 0.275 e. The second-order valence-electron chi connectivity index (χ2n) is 5.73. The number of amides is 1. The summed E-state index contributed by atoms with van der Waals surface area (Å²) in [6, 6.07) is 5.59. The zero-order chi connectivity index (χ0) is 15.5. The summed E-state index contributed by atoms with van der Waals surface area (Å²) in [6.07, 6.45) is 2.77. The molecule has 1 amide bonds. The number of carbonyl (C=O) groups excluding carboxylic acids is 1. The normalized spacial score (nSPS) is 18.1. The minimum absolute atomic E-state index is 0.0361. The van der Waals surface area contributed by atoms with Crippen LogP contribution >= 0.6 is 0 Å². The van der Waals surface area contributed by atoms with Crippen molar-refractivity contribution in [2.75, 3.05) is 26.8 Å². The van der Waals surface area contributed by atoms with E-state index in [-0.39, 0.29) is 12.5 Å². The van der Waals surface area contributed by atoms with Crippen molar-refractivity contribution in [3.63, 3.8) is 0 Å². The van der Waals surface area contributed by atoms with Crippen molar-refractivity contribution in [2.24, 2.45) is 5.92 Å². The summed E-state index contributed by atoms with van der Waals surface area (Å²) in [4.78, 5) is 14.6. The van der Waals surface area contributed by atoms with E-state index < -0.39 is 0 Å². The lowest BCUT2D eigenvalue weighted by Crippen LogP contribution is -2.29. The quantitative estimate of drug-likeness (QED) is 0.883. The van der Waals surface area contributed by atoms with Crippen LogP contribution in [0.15, 0.2) is 18.2 Å². The molecule has 0 aliphatic carbocycles. The minimum atomic E-state index is -0.0361. The molecule has 1 aromatic carbocycles. The number of hydrogen-bond donors (Lipinski definition) is 2. The predicted octanol–water partition coefficient (Wildman–Crippen LogP) is 1.81. The van der Waals surface area contributed by atoms with Crippen molar-refractivity contribution in [2.45, 2.75) is 19.3 Å². The number of fused-ring (bicyclic) bond motifs is 1. The van der Waals surface area contributed by atoms with E-state index in [0.717, 1.165) is 43.3 Å². The molecule has 2 heterocycles. The minimum Gasteiger partial charge on any atom is -0.494 e. The molecule has 1 atom stereocenters. The molecule has 1 aliphatic heterocycles. The average Bonchev–Trinajstić information content (AvgIpc) is 3.18. The van der Waals surface area contributed by atoms with Crippen molar-refractivity contribution in [1.82, 2.24) is 15.1 Å². The number of H-pyrrole nitrogens is 1. The van der Waals surface area contributed by atoms with E-state index in [1.165, 1.54) is 0 Å². The number of benzene rings is 1. The first-order chi connectivity index (χ1) is 10.7. The van der Waals surface area contributed by atoms with E-state index in [9.17, 15) is 4.79 Å². The predicted molar refractivity (Wildman–Crippen MR) is 83.0 cm³/mol. The zero-order valence-electron chi connectivity index (χ0n) is 12.7. The van der Waals surface area contributed by atoms with Crippen LogP contribution < -0.4 is 4.74 Å². The lowest BCUT2D eigenvalue weighted by Gasteiger charge is -2.15. The zero-order valence-corrected chi connectivity index (χ0v) is 12.7. The van der Waals surface area contributed by atoms with E-state index in [0.29, 0.717) is 17.4 Å². The van der Waals surface area contributed by atoms with Crippen LogP contribution in [-0.4, -0.2) is 52.9 Å². The number of aromatic nitrogens is 2. The van der Waals surface area contributed by atoms with Crippen molar-refractivity contribution < 1.29 is 14.6 Å². The van der Waals surface area contributed by atoms with Crippen molar-refractivity contribution >= 4 is 16.8 Å². The maximum Gasteiger partial charge on any atom is 0.275 e. The number of rotatable bonds is 5. The van der Waals surface area contributed by atoms with Crippen molar-refractivity contribution in [1.29, 1.82) is 0 Å². The number of nitrogens with one attached hydrogen (secondary N) is 1. The van der Waals surface area contributed by atoms with E-state index in [1.807, 2.05) is 23.1 Å². The van der Waals surface area contributed by atoms with Gasteiger partial charge in [-0.25, -0.2) is 0 Å². The van der Waals surface area contributed by atoms with Crippen molar-refractivity contribution in [3.8, 4) is 5.75 Å². The third-order valence-corrected chi connectivity index (χ3v) is 4.33. The van der Waals surface area contributed by atoms with Crippen LogP contribution in [0.3, 0.4) is 0 Å². The first kappa shape index (κ1) is 14.8. The molecule has 0 bridgehead atoms. The molecular weight excluding hydrogens is 282 g/mol. The summed E-state index contributed by atoms with van der Waals surface area (Å²) in [7, 11) is 1.60. The van der Waals surface area contributed by atoms with Crippen LogP contribution in [0.1, 0.15) is 29.8 Å². The largest absolute Gasteiger partial charge is 0.494 e. The van der Waals surface area contributed by atoms with Crippen LogP contribution in [0.4, 0.5) is 0 Å². The Morgan fingerprint density at radius 3 is 3.18 bits per heavy atom. The summed E-state index contributed by atoms with van der Waals surface area (Å²) in [5, 5.41) is 16.8. The Bertz CT molecular complexity index is 668. The molecule has 118 valence electrons. The van der Waals surface area contributed by atoms with Crippen LogP contribution in [-0.2, 0) is 0 Å². The molecule has 22 heavy (non-hydrogen) atoms. The van der Waals surface area contributed by atoms with Gasteiger partial charge in [0.15, 0.2) is 5.69 Å². The van der Waals surface area contributed by atoms with Crippen LogP contribution in [0.2, 0.25) is 0 Å². The molecule has 1 unspecified atom stereocenters. The fourth-order valence-electron chi connectivity index (χ4n) is 3.13. The lowest BCUT2D eigenvalue weighted by atomic mass is 10.0. The molecule has 0 saturated carbocycles. The molecule has 3 rings (SSSR count). The molecule has 1 aromatic heterocycles. The number of aromatic amines is 1. The maximum atomic E-state index is 12.7. The number of methoxy groups -OCH3 is 1. The van der Waals surface area contributed by atoms with Gasteiger partial charge in [0.25, 0.3) is 5.91 Å². The highest BCUT2D eigenvalue weighted by Crippen LogP contribution is 2.28. The summed E-state index contributed by atoms with van der Waals surface area (Å²) in [5.41, 5.74) is 1.21. The molecule has 0 radical (unpaired) electrons. The maximum absolute atomic E-state index is 12.7. The van der Waals surface area contributed by atoms with Gasteiger partial charge < -0.3 is 14.7 Å². The number of ether oxygens (including phenoxy) is 1. The highest BCUT2D eigenvalue weighted by Gasteiger charge is 2.29. The fraction of sp³-hybridized carbons (Fsp3) is 0.500. The van der Waals surface area contributed by atoms with Gasteiger partial charge in [-0.1, -0.05) is 12.1 Å². The highest BCUT2D eigenvalue weighted by molar-refractivity contribution is 6.06. The van der Waals surface area contributed by atoms with Gasteiger partial charge in [-0.3, -0.25) is 9.89 Å². The number of carbonyl (C=O) groups is 1. The number of likely N-dealkylation sites (tertiary alicyclic amines) is 1. The molecule has 6 heteroatoms. The molecular formula is C16H21N3O3. The third-order valence-electron chi connectivity index (χ3n) is 4.33. The summed E-state index contributed by atoms with van der Waals surface area (Å²) in [6.45, 7) is 1.72. The SMILES string of the molecule is COc1cccc2c(C(=O)N3CCC(CCCO)C3)n[nH]c12. The van der Waals surface area contributed by atoms with Gasteiger partial charge in [-0.2, -0.15) is 5.10 Å².